The summed E-state index contributed by atoms with van der Waals surface area (Å²) in [4.78, 5) is 0.100. The molecule has 6 nitrogen and oxygen atoms in total. The number of hydrogen-bond donors (Lipinski definition) is 2. The minimum absolute atomic E-state index is 0. The molecular weight excluding hydrogens is 399 g/mol. The van der Waals surface area contributed by atoms with Gasteiger partial charge < -0.3 is 14.8 Å². The first-order chi connectivity index (χ1) is 12.0. The van der Waals surface area contributed by atoms with Crippen molar-refractivity contribution in [2.45, 2.75) is 24.2 Å². The molecule has 2 aliphatic rings. The van der Waals surface area contributed by atoms with Crippen LogP contribution in [0.4, 0.5) is 0 Å². The molecule has 148 valence electrons. The molecule has 0 spiro atoms. The van der Waals surface area contributed by atoms with E-state index in [0.29, 0.717) is 42.4 Å². The molecule has 26 heavy (non-hydrogen) atoms. The van der Waals surface area contributed by atoms with E-state index in [-0.39, 0.29) is 17.3 Å². The Morgan fingerprint density at radius 3 is 2.85 bits per heavy atom. The largest absolute Gasteiger partial charge is 0.492 e. The van der Waals surface area contributed by atoms with Gasteiger partial charge in [0.1, 0.15) is 10.6 Å². The predicted octanol–water partition coefficient (Wildman–Crippen LogP) is 2.46. The summed E-state index contributed by atoms with van der Waals surface area (Å²) in [6.45, 7) is 4.21. The molecule has 2 aliphatic heterocycles. The maximum Gasteiger partial charge on any atom is 0.244 e. The molecule has 0 radical (unpaired) electrons. The quantitative estimate of drug-likeness (QED) is 0.669. The number of sulfonamides is 1. The molecule has 3 rings (SSSR count). The maximum absolute atomic E-state index is 12.7. The fourth-order valence-corrected chi connectivity index (χ4v) is 4.62. The van der Waals surface area contributed by atoms with Crippen molar-refractivity contribution >= 4 is 34.0 Å². The Balaban J connectivity index is 0.00000243. The van der Waals surface area contributed by atoms with Crippen molar-refractivity contribution in [2.24, 2.45) is 11.8 Å². The second kappa shape index (κ2) is 10.1. The van der Waals surface area contributed by atoms with E-state index < -0.39 is 10.0 Å². The Hall–Kier alpha value is -0.570. The number of hydrogen-bond acceptors (Lipinski definition) is 5. The third kappa shape index (κ3) is 5.97. The van der Waals surface area contributed by atoms with Gasteiger partial charge in [0.2, 0.25) is 10.0 Å². The van der Waals surface area contributed by atoms with Crippen LogP contribution in [-0.2, 0) is 14.8 Å². The zero-order valence-electron chi connectivity index (χ0n) is 14.6. The smallest absolute Gasteiger partial charge is 0.244 e. The summed E-state index contributed by atoms with van der Waals surface area (Å²) in [5.41, 5.74) is 0. The van der Waals surface area contributed by atoms with Crippen LogP contribution in [-0.4, -0.2) is 47.9 Å². The standard InChI is InChI=1S/C17H25ClN2O4S.ClH/c18-15-1-2-16(24-12-14-5-8-23-11-14)17(9-15)25(21,22)20-7-4-13-3-6-19-10-13;/h1-2,9,13-14,19-20H,3-8,10-12H2;1H. The SMILES string of the molecule is Cl.O=S(=O)(NCCC1CCNC1)c1cc(Cl)ccc1OCC1CCOC1. The Kier molecular flexibility index (Phi) is 8.44. The molecule has 2 heterocycles. The van der Waals surface area contributed by atoms with Crippen LogP contribution in [0.25, 0.3) is 0 Å². The Labute approximate surface area is 166 Å². The van der Waals surface area contributed by atoms with Crippen molar-refractivity contribution in [1.29, 1.82) is 0 Å². The van der Waals surface area contributed by atoms with Crippen molar-refractivity contribution in [3.63, 3.8) is 0 Å². The van der Waals surface area contributed by atoms with Crippen LogP contribution in [0.1, 0.15) is 19.3 Å². The molecule has 0 aromatic heterocycles. The number of rotatable bonds is 8. The Bertz CT molecular complexity index is 675. The molecule has 2 fully saturated rings. The van der Waals surface area contributed by atoms with Crippen molar-refractivity contribution in [1.82, 2.24) is 10.0 Å². The zero-order chi connectivity index (χ0) is 17.7. The lowest BCUT2D eigenvalue weighted by Crippen LogP contribution is -2.27. The second-order valence-corrected chi connectivity index (χ2v) is 8.85. The highest BCUT2D eigenvalue weighted by Gasteiger charge is 2.23. The van der Waals surface area contributed by atoms with Gasteiger partial charge in [0.05, 0.1) is 13.2 Å². The molecule has 2 saturated heterocycles. The van der Waals surface area contributed by atoms with Crippen LogP contribution >= 0.6 is 24.0 Å². The molecule has 2 unspecified atom stereocenters. The van der Waals surface area contributed by atoms with E-state index in [0.717, 1.165) is 39.0 Å². The van der Waals surface area contributed by atoms with Gasteiger partial charge in [-0.15, -0.1) is 12.4 Å². The van der Waals surface area contributed by atoms with Gasteiger partial charge in [0.15, 0.2) is 0 Å². The molecule has 0 bridgehead atoms. The van der Waals surface area contributed by atoms with Gasteiger partial charge in [0.25, 0.3) is 0 Å². The average Bonchev–Trinajstić information content (AvgIpc) is 3.27. The zero-order valence-corrected chi connectivity index (χ0v) is 17.0. The predicted molar refractivity (Wildman–Crippen MR) is 104 cm³/mol. The fraction of sp³-hybridized carbons (Fsp3) is 0.647. The lowest BCUT2D eigenvalue weighted by Gasteiger charge is -2.16. The van der Waals surface area contributed by atoms with Crippen LogP contribution in [0.3, 0.4) is 0 Å². The molecule has 0 amide bonds. The van der Waals surface area contributed by atoms with Crippen LogP contribution in [0.2, 0.25) is 5.02 Å². The van der Waals surface area contributed by atoms with Gasteiger partial charge in [-0.2, -0.15) is 0 Å². The monoisotopic (exact) mass is 424 g/mol. The van der Waals surface area contributed by atoms with E-state index in [1.165, 1.54) is 6.07 Å². The van der Waals surface area contributed by atoms with E-state index in [1.807, 2.05) is 0 Å². The molecule has 1 aromatic carbocycles. The molecular formula is C17H26Cl2N2O4S. The van der Waals surface area contributed by atoms with Crippen LogP contribution < -0.4 is 14.8 Å². The highest BCUT2D eigenvalue weighted by molar-refractivity contribution is 7.89. The summed E-state index contributed by atoms with van der Waals surface area (Å²) >= 11 is 6.01. The van der Waals surface area contributed by atoms with Gasteiger partial charge >= 0.3 is 0 Å². The Morgan fingerprint density at radius 1 is 1.31 bits per heavy atom. The average molecular weight is 425 g/mol. The van der Waals surface area contributed by atoms with Crippen molar-refractivity contribution < 1.29 is 17.9 Å². The first-order valence-electron chi connectivity index (χ1n) is 8.75. The van der Waals surface area contributed by atoms with Gasteiger partial charge in [0, 0.05) is 24.1 Å². The normalized spacial score (nSPS) is 23.0. The fourth-order valence-electron chi connectivity index (χ4n) is 3.17. The van der Waals surface area contributed by atoms with E-state index >= 15 is 0 Å². The van der Waals surface area contributed by atoms with Crippen molar-refractivity contribution in [2.75, 3.05) is 39.5 Å². The molecule has 1 aromatic rings. The maximum atomic E-state index is 12.7. The van der Waals surface area contributed by atoms with Crippen LogP contribution in [0, 0.1) is 11.8 Å². The van der Waals surface area contributed by atoms with Crippen LogP contribution in [0.5, 0.6) is 5.75 Å². The number of ether oxygens (including phenoxy) is 2. The summed E-state index contributed by atoms with van der Waals surface area (Å²) in [5, 5.41) is 3.66. The van der Waals surface area contributed by atoms with E-state index in [1.54, 1.807) is 12.1 Å². The third-order valence-electron chi connectivity index (χ3n) is 4.70. The minimum atomic E-state index is -3.66. The minimum Gasteiger partial charge on any atom is -0.492 e. The number of benzene rings is 1. The number of halogens is 2. The third-order valence-corrected chi connectivity index (χ3v) is 6.42. The topological polar surface area (TPSA) is 76.7 Å². The van der Waals surface area contributed by atoms with E-state index in [9.17, 15) is 8.42 Å². The first-order valence-corrected chi connectivity index (χ1v) is 10.6. The molecule has 0 saturated carbocycles. The van der Waals surface area contributed by atoms with E-state index in [4.69, 9.17) is 21.1 Å². The summed E-state index contributed by atoms with van der Waals surface area (Å²) in [6, 6.07) is 4.71. The molecule has 2 atom stereocenters. The highest BCUT2D eigenvalue weighted by Crippen LogP contribution is 2.28. The van der Waals surface area contributed by atoms with Gasteiger partial charge in [-0.3, -0.25) is 0 Å². The van der Waals surface area contributed by atoms with E-state index in [2.05, 4.69) is 10.0 Å². The lowest BCUT2D eigenvalue weighted by molar-refractivity contribution is 0.166. The molecule has 2 N–H and O–H groups in total. The van der Waals surface area contributed by atoms with Crippen LogP contribution in [0.15, 0.2) is 23.1 Å². The second-order valence-electron chi connectivity index (χ2n) is 6.68. The lowest BCUT2D eigenvalue weighted by atomic mass is 10.1. The number of nitrogens with one attached hydrogen (secondary N) is 2. The summed E-state index contributed by atoms with van der Waals surface area (Å²) in [6.07, 6.45) is 2.85. The summed E-state index contributed by atoms with van der Waals surface area (Å²) < 4.78 is 39.2. The van der Waals surface area contributed by atoms with Gasteiger partial charge in [-0.05, 0) is 56.5 Å². The molecule has 9 heteroatoms. The summed E-state index contributed by atoms with van der Waals surface area (Å²) in [7, 11) is -3.66. The Morgan fingerprint density at radius 2 is 2.15 bits per heavy atom. The van der Waals surface area contributed by atoms with Crippen molar-refractivity contribution in [3.8, 4) is 5.75 Å². The van der Waals surface area contributed by atoms with Gasteiger partial charge in [-0.1, -0.05) is 11.6 Å². The molecule has 0 aliphatic carbocycles. The van der Waals surface area contributed by atoms with Gasteiger partial charge in [-0.25, -0.2) is 13.1 Å². The van der Waals surface area contributed by atoms with Crippen molar-refractivity contribution in [3.05, 3.63) is 23.2 Å². The first kappa shape index (κ1) is 21.7. The summed E-state index contributed by atoms with van der Waals surface area (Å²) in [5.74, 6) is 1.17. The highest BCUT2D eigenvalue weighted by atomic mass is 35.5.